The summed E-state index contributed by atoms with van der Waals surface area (Å²) in [6.45, 7) is 0. The third-order valence-corrected chi connectivity index (χ3v) is 4.10. The number of hydrogen-bond donors (Lipinski definition) is 2. The van der Waals surface area contributed by atoms with Gasteiger partial charge in [0.15, 0.2) is 5.65 Å². The lowest BCUT2D eigenvalue weighted by Crippen LogP contribution is -2.15. The first-order valence-electron chi connectivity index (χ1n) is 8.19. The average Bonchev–Trinajstić information content (AvgIpc) is 2.69. The van der Waals surface area contributed by atoms with E-state index in [1.807, 2.05) is 60.7 Å². The van der Waals surface area contributed by atoms with Gasteiger partial charge in [0, 0.05) is 11.6 Å². The van der Waals surface area contributed by atoms with E-state index in [1.54, 1.807) is 18.3 Å². The van der Waals surface area contributed by atoms with E-state index in [1.165, 1.54) is 0 Å². The van der Waals surface area contributed by atoms with Crippen molar-refractivity contribution < 1.29 is 4.79 Å². The van der Waals surface area contributed by atoms with Crippen molar-refractivity contribution in [1.82, 2.24) is 9.97 Å². The van der Waals surface area contributed by atoms with Crippen LogP contribution in [0.3, 0.4) is 0 Å². The van der Waals surface area contributed by atoms with Crippen LogP contribution in [0, 0.1) is 0 Å². The summed E-state index contributed by atoms with van der Waals surface area (Å²) in [5.74, 6) is -0.322. The van der Waals surface area contributed by atoms with E-state index >= 15 is 0 Å². The van der Waals surface area contributed by atoms with Crippen LogP contribution in [0.5, 0.6) is 0 Å². The zero-order valence-corrected chi connectivity index (χ0v) is 13.9. The van der Waals surface area contributed by atoms with Gasteiger partial charge < -0.3 is 11.1 Å². The van der Waals surface area contributed by atoms with Crippen LogP contribution < -0.4 is 11.1 Å². The van der Waals surface area contributed by atoms with Gasteiger partial charge in [0.1, 0.15) is 5.69 Å². The second kappa shape index (κ2) is 6.64. The highest BCUT2D eigenvalue weighted by atomic mass is 16.1. The number of benzene rings is 2. The molecule has 126 valence electrons. The number of fused-ring (bicyclic) bond motifs is 1. The summed E-state index contributed by atoms with van der Waals surface area (Å²) in [6.07, 6.45) is 1.65. The van der Waals surface area contributed by atoms with Gasteiger partial charge in [-0.2, -0.15) is 0 Å². The highest BCUT2D eigenvalue weighted by molar-refractivity contribution is 6.05. The summed E-state index contributed by atoms with van der Waals surface area (Å²) >= 11 is 0. The van der Waals surface area contributed by atoms with Gasteiger partial charge >= 0.3 is 0 Å². The monoisotopic (exact) mass is 340 g/mol. The molecule has 0 aliphatic carbocycles. The van der Waals surface area contributed by atoms with Crippen molar-refractivity contribution in [3.63, 3.8) is 0 Å². The molecule has 5 heteroatoms. The fraction of sp³-hybridized carbons (Fsp3) is 0. The maximum atomic E-state index is 12.5. The van der Waals surface area contributed by atoms with Crippen molar-refractivity contribution in [2.75, 3.05) is 11.1 Å². The van der Waals surface area contributed by atoms with Gasteiger partial charge in [0.25, 0.3) is 5.91 Å². The lowest BCUT2D eigenvalue weighted by atomic mass is 10.0. The number of aromatic nitrogens is 2. The molecule has 5 nitrogen and oxygen atoms in total. The fourth-order valence-corrected chi connectivity index (χ4v) is 2.75. The Morgan fingerprint density at radius 1 is 0.885 bits per heavy atom. The Kier molecular flexibility index (Phi) is 4.03. The summed E-state index contributed by atoms with van der Waals surface area (Å²) in [5, 5.41) is 3.70. The molecule has 0 bridgehead atoms. The smallest absolute Gasteiger partial charge is 0.274 e. The third kappa shape index (κ3) is 3.10. The van der Waals surface area contributed by atoms with Crippen molar-refractivity contribution in [3.8, 4) is 11.1 Å². The summed E-state index contributed by atoms with van der Waals surface area (Å²) in [5.41, 5.74) is 10.1. The zero-order chi connectivity index (χ0) is 17.9. The van der Waals surface area contributed by atoms with E-state index in [-0.39, 0.29) is 5.91 Å². The van der Waals surface area contributed by atoms with E-state index in [0.717, 1.165) is 16.5 Å². The molecule has 0 saturated carbocycles. The highest BCUT2D eigenvalue weighted by Crippen LogP contribution is 2.27. The average molecular weight is 340 g/mol. The lowest BCUT2D eigenvalue weighted by Gasteiger charge is -2.10. The predicted octanol–water partition coefficient (Wildman–Crippen LogP) is 4.13. The van der Waals surface area contributed by atoms with Gasteiger partial charge in [-0.05, 0) is 47.5 Å². The zero-order valence-electron chi connectivity index (χ0n) is 13.9. The van der Waals surface area contributed by atoms with Crippen LogP contribution >= 0.6 is 0 Å². The van der Waals surface area contributed by atoms with Gasteiger partial charge in [-0.3, -0.25) is 4.79 Å². The van der Waals surface area contributed by atoms with E-state index < -0.39 is 0 Å². The molecular formula is C21H16N4O. The van der Waals surface area contributed by atoms with Gasteiger partial charge in [-0.25, -0.2) is 9.97 Å². The van der Waals surface area contributed by atoms with Gasteiger partial charge in [-0.1, -0.05) is 36.4 Å². The van der Waals surface area contributed by atoms with E-state index in [9.17, 15) is 4.79 Å². The van der Waals surface area contributed by atoms with Crippen molar-refractivity contribution in [1.29, 1.82) is 0 Å². The number of anilines is 2. The Bertz CT molecular complexity index is 1090. The van der Waals surface area contributed by atoms with E-state index in [4.69, 9.17) is 5.73 Å². The van der Waals surface area contributed by atoms with Crippen molar-refractivity contribution in [3.05, 3.63) is 84.7 Å². The molecule has 0 radical (unpaired) electrons. The molecule has 3 N–H and O–H groups in total. The predicted molar refractivity (Wildman–Crippen MR) is 104 cm³/mol. The van der Waals surface area contributed by atoms with Crippen molar-refractivity contribution >= 4 is 28.3 Å². The Hall–Kier alpha value is -3.73. The number of rotatable bonds is 3. The number of nitrogens with zero attached hydrogens (tertiary/aromatic N) is 2. The molecule has 0 atom stereocenters. The molecule has 0 fully saturated rings. The normalized spacial score (nSPS) is 10.6. The minimum absolute atomic E-state index is 0.294. The fourth-order valence-electron chi connectivity index (χ4n) is 2.75. The Morgan fingerprint density at radius 3 is 2.54 bits per heavy atom. The summed E-state index contributed by atoms with van der Waals surface area (Å²) in [4.78, 5) is 21.0. The van der Waals surface area contributed by atoms with Gasteiger partial charge in [0.2, 0.25) is 0 Å². The molecule has 0 saturated heterocycles. The number of carbonyl (C=O) groups is 1. The standard InChI is InChI=1S/C21H16N4O/c22-17-13-16(14-5-2-1-3-6-14)9-10-18(17)25-21(26)19-11-8-15-7-4-12-23-20(15)24-19/h1-13H,22H2,(H,25,26). The van der Waals surface area contributed by atoms with Gasteiger partial charge in [-0.15, -0.1) is 0 Å². The molecule has 2 aromatic carbocycles. The Morgan fingerprint density at radius 2 is 1.73 bits per heavy atom. The number of amides is 1. The largest absolute Gasteiger partial charge is 0.397 e. The maximum absolute atomic E-state index is 12.5. The summed E-state index contributed by atoms with van der Waals surface area (Å²) in [7, 11) is 0. The quantitative estimate of drug-likeness (QED) is 0.549. The molecule has 0 unspecified atom stereocenters. The molecule has 0 aliphatic rings. The van der Waals surface area contributed by atoms with Crippen LogP contribution in [0.25, 0.3) is 22.2 Å². The number of nitrogen functional groups attached to an aromatic ring is 1. The van der Waals surface area contributed by atoms with Crippen LogP contribution in [-0.2, 0) is 0 Å². The minimum Gasteiger partial charge on any atom is -0.397 e. The van der Waals surface area contributed by atoms with Gasteiger partial charge in [0.05, 0.1) is 11.4 Å². The van der Waals surface area contributed by atoms with E-state index in [2.05, 4.69) is 15.3 Å². The number of carbonyl (C=O) groups excluding carboxylic acids is 1. The molecular weight excluding hydrogens is 324 g/mol. The summed E-state index contributed by atoms with van der Waals surface area (Å²) in [6, 6.07) is 22.7. The van der Waals surface area contributed by atoms with Crippen molar-refractivity contribution in [2.24, 2.45) is 0 Å². The SMILES string of the molecule is Nc1cc(-c2ccccc2)ccc1NC(=O)c1ccc2cccnc2n1. The van der Waals surface area contributed by atoms with Crippen LogP contribution in [0.1, 0.15) is 10.5 Å². The highest BCUT2D eigenvalue weighted by Gasteiger charge is 2.11. The number of nitrogens with two attached hydrogens (primary N) is 1. The van der Waals surface area contributed by atoms with Crippen molar-refractivity contribution in [2.45, 2.75) is 0 Å². The first-order valence-corrected chi connectivity index (χ1v) is 8.19. The van der Waals surface area contributed by atoms with E-state index in [0.29, 0.717) is 22.7 Å². The molecule has 0 aliphatic heterocycles. The molecule has 0 spiro atoms. The number of pyridine rings is 2. The van der Waals surface area contributed by atoms with Crippen LogP contribution in [-0.4, -0.2) is 15.9 Å². The van der Waals surface area contributed by atoms with Crippen LogP contribution in [0.2, 0.25) is 0 Å². The second-order valence-electron chi connectivity index (χ2n) is 5.87. The Balaban J connectivity index is 1.59. The number of hydrogen-bond acceptors (Lipinski definition) is 4. The lowest BCUT2D eigenvalue weighted by molar-refractivity contribution is 0.102. The number of nitrogens with one attached hydrogen (secondary N) is 1. The molecule has 26 heavy (non-hydrogen) atoms. The molecule has 4 aromatic rings. The second-order valence-corrected chi connectivity index (χ2v) is 5.87. The molecule has 2 heterocycles. The molecule has 1 amide bonds. The first kappa shape index (κ1) is 15.8. The first-order chi connectivity index (χ1) is 12.7. The minimum atomic E-state index is -0.322. The van der Waals surface area contributed by atoms with Crippen LogP contribution in [0.4, 0.5) is 11.4 Å². The maximum Gasteiger partial charge on any atom is 0.274 e. The molecule has 2 aromatic heterocycles. The molecule has 4 rings (SSSR count). The Labute approximate surface area is 150 Å². The van der Waals surface area contributed by atoms with Crippen LogP contribution in [0.15, 0.2) is 79.0 Å². The third-order valence-electron chi connectivity index (χ3n) is 4.10. The topological polar surface area (TPSA) is 80.9 Å². The summed E-state index contributed by atoms with van der Waals surface area (Å²) < 4.78 is 0.